The van der Waals surface area contributed by atoms with Crippen molar-refractivity contribution < 1.29 is 9.53 Å². The van der Waals surface area contributed by atoms with E-state index < -0.39 is 0 Å². The molecule has 0 aromatic heterocycles. The number of carbonyl (C=O) groups is 1. The second-order valence-electron chi connectivity index (χ2n) is 22.5. The van der Waals surface area contributed by atoms with Gasteiger partial charge in [-0.15, -0.1) is 0 Å². The number of carbonyl (C=O) groups excluding carboxylic acids is 1. The highest BCUT2D eigenvalue weighted by Gasteiger charge is 2.04. The standard InChI is InChI=1S/C65H130O2/c1-3-5-7-9-11-13-15-17-19-21-23-25-27-29-31-33-35-37-39-41-43-45-47-49-51-53-55-57-59-61-63-65(66)67-64-62-60-58-56-54-52-50-48-46-44-42-40-38-36-34-32-30-28-26-24-22-20-18-16-14-12-10-8-6-4-2/h3-64H2,1-2H3. The Morgan fingerprint density at radius 1 is 0.194 bits per heavy atom. The van der Waals surface area contributed by atoms with Gasteiger partial charge < -0.3 is 4.74 Å². The molecule has 0 atom stereocenters. The van der Waals surface area contributed by atoms with Crippen molar-refractivity contribution in [2.45, 2.75) is 406 Å². The van der Waals surface area contributed by atoms with E-state index in [1.54, 1.807) is 0 Å². The zero-order valence-corrected chi connectivity index (χ0v) is 47.2. The molecule has 0 aliphatic rings. The van der Waals surface area contributed by atoms with Crippen LogP contribution in [0.4, 0.5) is 0 Å². The van der Waals surface area contributed by atoms with Crippen LogP contribution in [0.2, 0.25) is 0 Å². The fraction of sp³-hybridized carbons (Fsp3) is 0.985. The van der Waals surface area contributed by atoms with E-state index in [1.165, 1.54) is 372 Å². The molecule has 0 radical (unpaired) electrons. The molecular formula is C65H130O2. The summed E-state index contributed by atoms with van der Waals surface area (Å²) in [7, 11) is 0. The minimum Gasteiger partial charge on any atom is -0.466 e. The van der Waals surface area contributed by atoms with Crippen LogP contribution in [0.5, 0.6) is 0 Å². The van der Waals surface area contributed by atoms with Gasteiger partial charge in [0.05, 0.1) is 6.61 Å². The smallest absolute Gasteiger partial charge is 0.305 e. The van der Waals surface area contributed by atoms with Crippen molar-refractivity contribution in [2.75, 3.05) is 6.61 Å². The molecule has 0 saturated carbocycles. The lowest BCUT2D eigenvalue weighted by Crippen LogP contribution is -2.05. The van der Waals surface area contributed by atoms with Gasteiger partial charge in [-0.1, -0.05) is 386 Å². The highest BCUT2D eigenvalue weighted by Crippen LogP contribution is 2.19. The van der Waals surface area contributed by atoms with Crippen molar-refractivity contribution in [2.24, 2.45) is 0 Å². The molecule has 0 rings (SSSR count). The lowest BCUT2D eigenvalue weighted by molar-refractivity contribution is -0.143. The zero-order chi connectivity index (χ0) is 48.1. The Balaban J connectivity index is 3.14. The highest BCUT2D eigenvalue weighted by molar-refractivity contribution is 5.69. The predicted molar refractivity (Wildman–Crippen MR) is 304 cm³/mol. The molecule has 2 nitrogen and oxygen atoms in total. The number of rotatable bonds is 62. The summed E-state index contributed by atoms with van der Waals surface area (Å²) in [4.78, 5) is 12.1. The Labute approximate surface area is 425 Å². The van der Waals surface area contributed by atoms with Gasteiger partial charge in [-0.3, -0.25) is 4.79 Å². The maximum atomic E-state index is 12.1. The van der Waals surface area contributed by atoms with E-state index in [0.717, 1.165) is 12.8 Å². The maximum absolute atomic E-state index is 12.1. The minimum atomic E-state index is 0.0376. The first-order valence-corrected chi connectivity index (χ1v) is 32.5. The van der Waals surface area contributed by atoms with Crippen molar-refractivity contribution in [3.63, 3.8) is 0 Å². The van der Waals surface area contributed by atoms with E-state index in [1.807, 2.05) is 0 Å². The molecule has 0 spiro atoms. The Hall–Kier alpha value is -0.530. The molecule has 2 heteroatoms. The molecule has 0 aromatic carbocycles. The zero-order valence-electron chi connectivity index (χ0n) is 47.2. The number of esters is 1. The van der Waals surface area contributed by atoms with Crippen LogP contribution < -0.4 is 0 Å². The van der Waals surface area contributed by atoms with Gasteiger partial charge in [0.2, 0.25) is 0 Å². The van der Waals surface area contributed by atoms with Gasteiger partial charge >= 0.3 is 5.97 Å². The van der Waals surface area contributed by atoms with Crippen molar-refractivity contribution in [1.82, 2.24) is 0 Å². The molecule has 0 unspecified atom stereocenters. The van der Waals surface area contributed by atoms with Crippen molar-refractivity contribution in [3.05, 3.63) is 0 Å². The molecule has 402 valence electrons. The van der Waals surface area contributed by atoms with E-state index in [4.69, 9.17) is 4.74 Å². The molecule has 0 heterocycles. The molecule has 0 aliphatic heterocycles. The lowest BCUT2D eigenvalue weighted by Gasteiger charge is -2.06. The van der Waals surface area contributed by atoms with E-state index in [0.29, 0.717) is 13.0 Å². The molecule has 0 aromatic rings. The molecule has 0 aliphatic carbocycles. The average molecular weight is 944 g/mol. The Kier molecular flexibility index (Phi) is 63.0. The second kappa shape index (κ2) is 63.5. The van der Waals surface area contributed by atoms with Crippen LogP contribution in [0, 0.1) is 0 Å². The topological polar surface area (TPSA) is 26.3 Å². The SMILES string of the molecule is CCCCCCCCCCCCCCCCCCCCCCCCCCCCCCCCOC(=O)CCCCCCCCCCCCCCCCCCCCCCCCCCCCCCCC. The van der Waals surface area contributed by atoms with Crippen LogP contribution in [0.25, 0.3) is 0 Å². The third kappa shape index (κ3) is 63.5. The second-order valence-corrected chi connectivity index (χ2v) is 22.5. The Morgan fingerprint density at radius 3 is 0.493 bits per heavy atom. The number of unbranched alkanes of at least 4 members (excludes halogenated alkanes) is 58. The van der Waals surface area contributed by atoms with Crippen LogP contribution >= 0.6 is 0 Å². The van der Waals surface area contributed by atoms with Crippen LogP contribution in [0.3, 0.4) is 0 Å². The molecule has 0 fully saturated rings. The monoisotopic (exact) mass is 943 g/mol. The van der Waals surface area contributed by atoms with E-state index in [9.17, 15) is 4.79 Å². The van der Waals surface area contributed by atoms with Crippen LogP contribution in [0.15, 0.2) is 0 Å². The first-order chi connectivity index (χ1) is 33.3. The number of hydrogen-bond acceptors (Lipinski definition) is 2. The first-order valence-electron chi connectivity index (χ1n) is 32.5. The third-order valence-corrected chi connectivity index (χ3v) is 15.5. The Bertz CT molecular complexity index is 852. The largest absolute Gasteiger partial charge is 0.466 e. The van der Waals surface area contributed by atoms with Gasteiger partial charge in [0.15, 0.2) is 0 Å². The summed E-state index contributed by atoms with van der Waals surface area (Å²) in [6.45, 7) is 5.25. The van der Waals surface area contributed by atoms with Crippen LogP contribution in [-0.2, 0) is 9.53 Å². The minimum absolute atomic E-state index is 0.0376. The predicted octanol–water partition coefficient (Wildman–Crippen LogP) is 24.4. The van der Waals surface area contributed by atoms with Gasteiger partial charge in [-0.05, 0) is 12.8 Å². The summed E-state index contributed by atoms with van der Waals surface area (Å²) >= 11 is 0. The fourth-order valence-electron chi connectivity index (χ4n) is 10.7. The van der Waals surface area contributed by atoms with Gasteiger partial charge in [0, 0.05) is 6.42 Å². The average Bonchev–Trinajstić information content (AvgIpc) is 3.33. The van der Waals surface area contributed by atoms with Crippen LogP contribution in [-0.4, -0.2) is 12.6 Å². The van der Waals surface area contributed by atoms with E-state index in [-0.39, 0.29) is 5.97 Å². The van der Waals surface area contributed by atoms with Crippen LogP contribution in [0.1, 0.15) is 406 Å². The van der Waals surface area contributed by atoms with Gasteiger partial charge in [0.25, 0.3) is 0 Å². The molecule has 0 saturated heterocycles. The van der Waals surface area contributed by atoms with Crippen molar-refractivity contribution in [3.8, 4) is 0 Å². The fourth-order valence-corrected chi connectivity index (χ4v) is 10.7. The third-order valence-electron chi connectivity index (χ3n) is 15.5. The lowest BCUT2D eigenvalue weighted by atomic mass is 10.0. The summed E-state index contributed by atoms with van der Waals surface area (Å²) in [5, 5.41) is 0. The van der Waals surface area contributed by atoms with E-state index >= 15 is 0 Å². The first kappa shape index (κ1) is 66.5. The highest BCUT2D eigenvalue weighted by atomic mass is 16.5. The van der Waals surface area contributed by atoms with E-state index in [2.05, 4.69) is 13.8 Å². The molecular weight excluding hydrogens is 813 g/mol. The quantitative estimate of drug-likeness (QED) is 0.0449. The summed E-state index contributed by atoms with van der Waals surface area (Å²) in [5.74, 6) is 0.0376. The summed E-state index contributed by atoms with van der Waals surface area (Å²) in [5.41, 5.74) is 0. The van der Waals surface area contributed by atoms with Gasteiger partial charge in [-0.2, -0.15) is 0 Å². The summed E-state index contributed by atoms with van der Waals surface area (Å²) in [6, 6.07) is 0. The molecule has 0 N–H and O–H groups in total. The normalized spacial score (nSPS) is 11.6. The van der Waals surface area contributed by atoms with Gasteiger partial charge in [-0.25, -0.2) is 0 Å². The number of hydrogen-bond donors (Lipinski definition) is 0. The summed E-state index contributed by atoms with van der Waals surface area (Å²) in [6.07, 6.45) is 86.2. The van der Waals surface area contributed by atoms with Crippen molar-refractivity contribution >= 4 is 5.97 Å². The summed E-state index contributed by atoms with van der Waals surface area (Å²) < 4.78 is 5.53. The maximum Gasteiger partial charge on any atom is 0.305 e. The van der Waals surface area contributed by atoms with Gasteiger partial charge in [0.1, 0.15) is 0 Å². The molecule has 67 heavy (non-hydrogen) atoms. The Morgan fingerprint density at radius 2 is 0.328 bits per heavy atom. The molecule has 0 bridgehead atoms. The van der Waals surface area contributed by atoms with Crippen molar-refractivity contribution in [1.29, 1.82) is 0 Å². The molecule has 0 amide bonds. The number of ether oxygens (including phenoxy) is 1.